The summed E-state index contributed by atoms with van der Waals surface area (Å²) >= 11 is 0. The van der Waals surface area contributed by atoms with E-state index in [9.17, 15) is 4.79 Å². The lowest BCUT2D eigenvalue weighted by molar-refractivity contribution is -0.124. The number of hydrogen-bond donors (Lipinski definition) is 1. The van der Waals surface area contributed by atoms with Crippen LogP contribution in [0.3, 0.4) is 0 Å². The molecule has 0 unspecified atom stereocenters. The fourth-order valence-electron chi connectivity index (χ4n) is 2.22. The van der Waals surface area contributed by atoms with Gasteiger partial charge in [0.15, 0.2) is 0 Å². The van der Waals surface area contributed by atoms with Crippen molar-refractivity contribution in [3.05, 3.63) is 29.8 Å². The zero-order chi connectivity index (χ0) is 12.4. The summed E-state index contributed by atoms with van der Waals surface area (Å²) < 4.78 is 0. The Hall–Kier alpha value is -1.35. The van der Waals surface area contributed by atoms with E-state index in [1.165, 1.54) is 5.56 Å². The topological polar surface area (TPSA) is 46.3 Å². The summed E-state index contributed by atoms with van der Waals surface area (Å²) in [7, 11) is 1.84. The molecule has 2 N–H and O–H groups in total. The molecule has 0 atom stereocenters. The van der Waals surface area contributed by atoms with Crippen LogP contribution >= 0.6 is 0 Å². The Morgan fingerprint density at radius 2 is 1.94 bits per heavy atom. The highest BCUT2D eigenvalue weighted by Gasteiger charge is 2.34. The summed E-state index contributed by atoms with van der Waals surface area (Å²) in [6.45, 7) is 2.12. The van der Waals surface area contributed by atoms with E-state index < -0.39 is 0 Å². The summed E-state index contributed by atoms with van der Waals surface area (Å²) in [6.07, 6.45) is 2.68. The van der Waals surface area contributed by atoms with Crippen LogP contribution in [-0.4, -0.2) is 19.0 Å². The second kappa shape index (κ2) is 4.88. The summed E-state index contributed by atoms with van der Waals surface area (Å²) in [4.78, 5) is 13.8. The molecule has 1 fully saturated rings. The molecule has 0 spiro atoms. The van der Waals surface area contributed by atoms with Gasteiger partial charge in [0.05, 0.1) is 0 Å². The largest absolute Gasteiger partial charge is 0.328 e. The van der Waals surface area contributed by atoms with Crippen molar-refractivity contribution >= 4 is 11.6 Å². The fraction of sp³-hybridized carbons (Fsp3) is 0.500. The van der Waals surface area contributed by atoms with Crippen molar-refractivity contribution in [2.45, 2.75) is 32.2 Å². The third-order valence-electron chi connectivity index (χ3n) is 3.59. The van der Waals surface area contributed by atoms with Crippen LogP contribution in [0.5, 0.6) is 0 Å². The van der Waals surface area contributed by atoms with Crippen LogP contribution < -0.4 is 10.6 Å². The molecule has 92 valence electrons. The molecule has 0 bridgehead atoms. The molecule has 1 aromatic carbocycles. The van der Waals surface area contributed by atoms with Crippen LogP contribution in [0.15, 0.2) is 24.3 Å². The normalized spacial score (nSPS) is 23.0. The quantitative estimate of drug-likeness (QED) is 0.865. The molecule has 1 saturated carbocycles. The predicted molar refractivity (Wildman–Crippen MR) is 69.9 cm³/mol. The first kappa shape index (κ1) is 12.1. The molecular formula is C14H20N2O. The Morgan fingerprint density at radius 1 is 1.35 bits per heavy atom. The Balaban J connectivity index is 2.03. The van der Waals surface area contributed by atoms with E-state index >= 15 is 0 Å². The summed E-state index contributed by atoms with van der Waals surface area (Å²) in [5.74, 6) is 0.316. The van der Waals surface area contributed by atoms with Gasteiger partial charge in [-0.1, -0.05) is 19.1 Å². The molecule has 3 heteroatoms. The number of hydrogen-bond acceptors (Lipinski definition) is 2. The van der Waals surface area contributed by atoms with Gasteiger partial charge in [0.2, 0.25) is 5.91 Å². The maximum Gasteiger partial charge on any atom is 0.229 e. The Morgan fingerprint density at radius 3 is 2.41 bits per heavy atom. The molecule has 0 aliphatic heterocycles. The van der Waals surface area contributed by atoms with Crippen molar-refractivity contribution < 1.29 is 4.79 Å². The molecule has 17 heavy (non-hydrogen) atoms. The van der Waals surface area contributed by atoms with Gasteiger partial charge in [-0.25, -0.2) is 0 Å². The standard InChI is InChI=1S/C14H20N2O/c1-3-10-4-6-13(7-5-10)16(2)14(17)11-8-12(15)9-11/h4-7,11-12H,3,8-9,15H2,1-2H3. The van der Waals surface area contributed by atoms with Crippen molar-refractivity contribution in [1.29, 1.82) is 0 Å². The number of aryl methyl sites for hydroxylation is 1. The molecule has 0 saturated heterocycles. The van der Waals surface area contributed by atoms with E-state index in [1.807, 2.05) is 19.2 Å². The number of nitrogens with zero attached hydrogens (tertiary/aromatic N) is 1. The first-order valence-electron chi connectivity index (χ1n) is 6.24. The first-order valence-corrected chi connectivity index (χ1v) is 6.24. The van der Waals surface area contributed by atoms with E-state index in [1.54, 1.807) is 4.90 Å². The molecule has 0 aromatic heterocycles. The van der Waals surface area contributed by atoms with Crippen LogP contribution in [-0.2, 0) is 11.2 Å². The van der Waals surface area contributed by atoms with Crippen molar-refractivity contribution in [3.63, 3.8) is 0 Å². The Bertz CT molecular complexity index is 393. The fourth-order valence-corrected chi connectivity index (χ4v) is 2.22. The number of benzene rings is 1. The molecule has 1 aromatic rings. The van der Waals surface area contributed by atoms with Gasteiger partial charge in [-0.2, -0.15) is 0 Å². The lowest BCUT2D eigenvalue weighted by Gasteiger charge is -2.34. The summed E-state index contributed by atoms with van der Waals surface area (Å²) in [5, 5.41) is 0. The van der Waals surface area contributed by atoms with E-state index in [0.717, 1.165) is 24.9 Å². The molecule has 2 rings (SSSR count). The maximum atomic E-state index is 12.1. The summed E-state index contributed by atoms with van der Waals surface area (Å²) in [5.41, 5.74) is 7.97. The third-order valence-corrected chi connectivity index (χ3v) is 3.59. The second-order valence-corrected chi connectivity index (χ2v) is 4.85. The van der Waals surface area contributed by atoms with Crippen LogP contribution in [0.4, 0.5) is 5.69 Å². The van der Waals surface area contributed by atoms with E-state index in [0.29, 0.717) is 0 Å². The minimum absolute atomic E-state index is 0.126. The molecule has 1 aliphatic rings. The Kier molecular flexibility index (Phi) is 3.48. The maximum absolute atomic E-state index is 12.1. The molecular weight excluding hydrogens is 212 g/mol. The second-order valence-electron chi connectivity index (χ2n) is 4.85. The van der Waals surface area contributed by atoms with E-state index in [4.69, 9.17) is 5.73 Å². The third kappa shape index (κ3) is 2.50. The van der Waals surface area contributed by atoms with Crippen LogP contribution in [0.2, 0.25) is 0 Å². The van der Waals surface area contributed by atoms with Crippen LogP contribution in [0, 0.1) is 5.92 Å². The smallest absolute Gasteiger partial charge is 0.229 e. The minimum Gasteiger partial charge on any atom is -0.328 e. The van der Waals surface area contributed by atoms with Crippen molar-refractivity contribution in [3.8, 4) is 0 Å². The first-order chi connectivity index (χ1) is 8.11. The zero-order valence-corrected chi connectivity index (χ0v) is 10.5. The van der Waals surface area contributed by atoms with Gasteiger partial charge in [-0.15, -0.1) is 0 Å². The van der Waals surface area contributed by atoms with Crippen molar-refractivity contribution in [2.75, 3.05) is 11.9 Å². The highest BCUT2D eigenvalue weighted by atomic mass is 16.2. The van der Waals surface area contributed by atoms with E-state index in [-0.39, 0.29) is 17.9 Å². The van der Waals surface area contributed by atoms with Crippen molar-refractivity contribution in [1.82, 2.24) is 0 Å². The monoisotopic (exact) mass is 232 g/mol. The van der Waals surface area contributed by atoms with Gasteiger partial charge in [0, 0.05) is 24.7 Å². The number of carbonyl (C=O) groups excluding carboxylic acids is 1. The number of carbonyl (C=O) groups is 1. The molecule has 1 amide bonds. The lowest BCUT2D eigenvalue weighted by atomic mass is 9.80. The van der Waals surface area contributed by atoms with Crippen LogP contribution in [0.1, 0.15) is 25.3 Å². The van der Waals surface area contributed by atoms with Gasteiger partial charge in [0.1, 0.15) is 0 Å². The number of rotatable bonds is 3. The molecule has 0 heterocycles. The van der Waals surface area contributed by atoms with Gasteiger partial charge in [0.25, 0.3) is 0 Å². The van der Waals surface area contributed by atoms with E-state index in [2.05, 4.69) is 19.1 Å². The molecule has 1 aliphatic carbocycles. The Labute approximate surface area is 103 Å². The summed E-state index contributed by atoms with van der Waals surface area (Å²) in [6, 6.07) is 8.39. The van der Waals surface area contributed by atoms with Crippen molar-refractivity contribution in [2.24, 2.45) is 11.7 Å². The van der Waals surface area contributed by atoms with Crippen LogP contribution in [0.25, 0.3) is 0 Å². The lowest BCUT2D eigenvalue weighted by Crippen LogP contribution is -2.45. The number of anilines is 1. The van der Waals surface area contributed by atoms with Gasteiger partial charge in [-0.05, 0) is 37.0 Å². The molecule has 3 nitrogen and oxygen atoms in total. The molecule has 0 radical (unpaired) electrons. The SMILES string of the molecule is CCc1ccc(N(C)C(=O)C2CC(N)C2)cc1. The van der Waals surface area contributed by atoms with Gasteiger partial charge < -0.3 is 10.6 Å². The van der Waals surface area contributed by atoms with Gasteiger partial charge in [-0.3, -0.25) is 4.79 Å². The average Bonchev–Trinajstić information content (AvgIpc) is 2.33. The highest BCUT2D eigenvalue weighted by Crippen LogP contribution is 2.29. The number of nitrogens with two attached hydrogens (primary N) is 1. The predicted octanol–water partition coefficient (Wildman–Crippen LogP) is 1.95. The number of amides is 1. The average molecular weight is 232 g/mol. The van der Waals surface area contributed by atoms with Gasteiger partial charge >= 0.3 is 0 Å². The highest BCUT2D eigenvalue weighted by molar-refractivity contribution is 5.95. The zero-order valence-electron chi connectivity index (χ0n) is 10.5. The minimum atomic E-state index is 0.126.